The first-order valence-corrected chi connectivity index (χ1v) is 7.31. The number of hydrogen-bond acceptors (Lipinski definition) is 3. The van der Waals surface area contributed by atoms with Crippen LogP contribution in [0.1, 0.15) is 24.8 Å². The normalized spacial score (nSPS) is 18.8. The first-order chi connectivity index (χ1) is 9.65. The number of hydrogen-bond donors (Lipinski definition) is 1. The molecule has 1 saturated heterocycles. The zero-order valence-corrected chi connectivity index (χ0v) is 12.2. The molecule has 0 spiro atoms. The summed E-state index contributed by atoms with van der Waals surface area (Å²) in [5, 5.41) is 0. The standard InChI is InChI=1S/C16H24N2O2/c1-18(11-14-3-2-10-20-12-14)16(19)9-6-13-4-7-15(17)8-5-13/h4-5,7-8,14H,2-3,6,9-12,17H2,1H3. The summed E-state index contributed by atoms with van der Waals surface area (Å²) in [6.45, 7) is 2.46. The molecule has 110 valence electrons. The van der Waals surface area contributed by atoms with Gasteiger partial charge in [-0.05, 0) is 42.9 Å². The second-order valence-electron chi connectivity index (χ2n) is 5.60. The van der Waals surface area contributed by atoms with Crippen LogP contribution in [0.25, 0.3) is 0 Å². The van der Waals surface area contributed by atoms with E-state index in [0.29, 0.717) is 12.3 Å². The zero-order valence-electron chi connectivity index (χ0n) is 12.2. The van der Waals surface area contributed by atoms with Gasteiger partial charge in [0, 0.05) is 32.3 Å². The lowest BCUT2D eigenvalue weighted by atomic mass is 10.0. The first-order valence-electron chi connectivity index (χ1n) is 7.31. The lowest BCUT2D eigenvalue weighted by molar-refractivity contribution is -0.131. The molecule has 2 N–H and O–H groups in total. The Bertz CT molecular complexity index is 425. The summed E-state index contributed by atoms with van der Waals surface area (Å²) < 4.78 is 5.45. The van der Waals surface area contributed by atoms with E-state index in [0.717, 1.165) is 50.3 Å². The Kier molecular flexibility index (Phi) is 5.41. The molecule has 0 aromatic heterocycles. The Morgan fingerprint density at radius 2 is 2.15 bits per heavy atom. The van der Waals surface area contributed by atoms with E-state index < -0.39 is 0 Å². The number of carbonyl (C=O) groups is 1. The van der Waals surface area contributed by atoms with Crippen molar-refractivity contribution in [3.8, 4) is 0 Å². The number of rotatable bonds is 5. The highest BCUT2D eigenvalue weighted by Gasteiger charge is 2.18. The van der Waals surface area contributed by atoms with Crippen molar-refractivity contribution in [1.29, 1.82) is 0 Å². The van der Waals surface area contributed by atoms with Gasteiger partial charge in [-0.2, -0.15) is 0 Å². The number of benzene rings is 1. The molecule has 1 aliphatic rings. The van der Waals surface area contributed by atoms with Gasteiger partial charge in [0.1, 0.15) is 0 Å². The molecule has 1 fully saturated rings. The van der Waals surface area contributed by atoms with Crippen molar-refractivity contribution < 1.29 is 9.53 Å². The summed E-state index contributed by atoms with van der Waals surface area (Å²) in [5.74, 6) is 0.696. The van der Waals surface area contributed by atoms with Gasteiger partial charge in [0.2, 0.25) is 5.91 Å². The Hall–Kier alpha value is -1.55. The lowest BCUT2D eigenvalue weighted by Crippen LogP contribution is -2.35. The van der Waals surface area contributed by atoms with E-state index in [1.165, 1.54) is 0 Å². The van der Waals surface area contributed by atoms with E-state index in [1.54, 1.807) is 0 Å². The summed E-state index contributed by atoms with van der Waals surface area (Å²) in [7, 11) is 1.89. The van der Waals surface area contributed by atoms with Crippen molar-refractivity contribution >= 4 is 11.6 Å². The Morgan fingerprint density at radius 3 is 2.80 bits per heavy atom. The maximum absolute atomic E-state index is 12.1. The van der Waals surface area contributed by atoms with E-state index in [2.05, 4.69) is 0 Å². The minimum absolute atomic E-state index is 0.201. The summed E-state index contributed by atoms with van der Waals surface area (Å²) in [6, 6.07) is 7.72. The molecule has 0 saturated carbocycles. The highest BCUT2D eigenvalue weighted by molar-refractivity contribution is 5.76. The van der Waals surface area contributed by atoms with Crippen LogP contribution in [0.2, 0.25) is 0 Å². The molecule has 1 heterocycles. The summed E-state index contributed by atoms with van der Waals surface area (Å²) in [4.78, 5) is 14.0. The molecule has 1 aliphatic heterocycles. The van der Waals surface area contributed by atoms with Crippen molar-refractivity contribution in [2.75, 3.05) is 32.5 Å². The summed E-state index contributed by atoms with van der Waals surface area (Å²) in [6.07, 6.45) is 3.59. The van der Waals surface area contributed by atoms with Gasteiger partial charge in [-0.25, -0.2) is 0 Å². The average molecular weight is 276 g/mol. The maximum atomic E-state index is 12.1. The number of nitrogens with zero attached hydrogens (tertiary/aromatic N) is 1. The minimum Gasteiger partial charge on any atom is -0.399 e. The Labute approximate surface area is 120 Å². The third-order valence-electron chi connectivity index (χ3n) is 3.82. The van der Waals surface area contributed by atoms with Crippen LogP contribution < -0.4 is 5.73 Å². The predicted molar refractivity (Wildman–Crippen MR) is 80.4 cm³/mol. The van der Waals surface area contributed by atoms with Crippen molar-refractivity contribution in [2.24, 2.45) is 5.92 Å². The molecule has 1 aromatic rings. The number of nitrogen functional groups attached to an aromatic ring is 1. The molecule has 0 aliphatic carbocycles. The van der Waals surface area contributed by atoms with Gasteiger partial charge >= 0.3 is 0 Å². The van der Waals surface area contributed by atoms with Crippen molar-refractivity contribution in [3.05, 3.63) is 29.8 Å². The third kappa shape index (κ3) is 4.53. The maximum Gasteiger partial charge on any atom is 0.222 e. The fraction of sp³-hybridized carbons (Fsp3) is 0.562. The molecular formula is C16H24N2O2. The molecule has 20 heavy (non-hydrogen) atoms. The van der Waals surface area contributed by atoms with E-state index in [1.807, 2.05) is 36.2 Å². The van der Waals surface area contributed by atoms with Crippen molar-refractivity contribution in [1.82, 2.24) is 4.90 Å². The van der Waals surface area contributed by atoms with Gasteiger partial charge in [0.25, 0.3) is 0 Å². The minimum atomic E-state index is 0.201. The quantitative estimate of drug-likeness (QED) is 0.838. The SMILES string of the molecule is CN(CC1CCCOC1)C(=O)CCc1ccc(N)cc1. The second-order valence-corrected chi connectivity index (χ2v) is 5.60. The number of amides is 1. The largest absolute Gasteiger partial charge is 0.399 e. The van der Waals surface area contributed by atoms with Crippen molar-refractivity contribution in [2.45, 2.75) is 25.7 Å². The van der Waals surface area contributed by atoms with E-state index in [-0.39, 0.29) is 5.91 Å². The topological polar surface area (TPSA) is 55.6 Å². The van der Waals surface area contributed by atoms with Crippen LogP contribution in [0, 0.1) is 5.92 Å². The molecule has 1 atom stereocenters. The molecule has 1 unspecified atom stereocenters. The van der Waals surface area contributed by atoms with E-state index >= 15 is 0 Å². The van der Waals surface area contributed by atoms with Crippen LogP contribution in [0.15, 0.2) is 24.3 Å². The average Bonchev–Trinajstić information content (AvgIpc) is 2.47. The molecule has 2 rings (SSSR count). The van der Waals surface area contributed by atoms with Crippen LogP contribution in [0.4, 0.5) is 5.69 Å². The molecule has 1 aromatic carbocycles. The van der Waals surface area contributed by atoms with Gasteiger partial charge in [-0.3, -0.25) is 4.79 Å². The number of aryl methyl sites for hydroxylation is 1. The van der Waals surface area contributed by atoms with Gasteiger partial charge in [-0.1, -0.05) is 12.1 Å². The molecular weight excluding hydrogens is 252 g/mol. The Balaban J connectivity index is 1.74. The molecule has 0 bridgehead atoms. The van der Waals surface area contributed by atoms with Gasteiger partial charge in [0.15, 0.2) is 0 Å². The van der Waals surface area contributed by atoms with E-state index in [4.69, 9.17) is 10.5 Å². The van der Waals surface area contributed by atoms with Gasteiger partial charge in [0.05, 0.1) is 6.61 Å². The fourth-order valence-corrected chi connectivity index (χ4v) is 2.57. The third-order valence-corrected chi connectivity index (χ3v) is 3.82. The number of nitrogens with two attached hydrogens (primary N) is 1. The van der Waals surface area contributed by atoms with Crippen LogP contribution in [0.3, 0.4) is 0 Å². The highest BCUT2D eigenvalue weighted by Crippen LogP contribution is 2.15. The summed E-state index contributed by atoms with van der Waals surface area (Å²) in [5.41, 5.74) is 7.56. The molecule has 0 radical (unpaired) electrons. The molecule has 1 amide bonds. The van der Waals surface area contributed by atoms with Crippen molar-refractivity contribution in [3.63, 3.8) is 0 Å². The number of ether oxygens (including phenoxy) is 1. The molecule has 4 heteroatoms. The van der Waals surface area contributed by atoms with Crippen LogP contribution in [-0.4, -0.2) is 37.6 Å². The number of carbonyl (C=O) groups excluding carboxylic acids is 1. The highest BCUT2D eigenvalue weighted by atomic mass is 16.5. The zero-order chi connectivity index (χ0) is 14.4. The van der Waals surface area contributed by atoms with E-state index in [9.17, 15) is 4.79 Å². The summed E-state index contributed by atoms with van der Waals surface area (Å²) >= 11 is 0. The Morgan fingerprint density at radius 1 is 1.40 bits per heavy atom. The smallest absolute Gasteiger partial charge is 0.222 e. The van der Waals surface area contributed by atoms with Gasteiger partial charge < -0.3 is 15.4 Å². The second kappa shape index (κ2) is 7.29. The predicted octanol–water partition coefficient (Wildman–Crippen LogP) is 2.09. The monoisotopic (exact) mass is 276 g/mol. The fourth-order valence-electron chi connectivity index (χ4n) is 2.57. The van der Waals surface area contributed by atoms with Gasteiger partial charge in [-0.15, -0.1) is 0 Å². The van der Waals surface area contributed by atoms with Crippen LogP contribution in [-0.2, 0) is 16.0 Å². The van der Waals surface area contributed by atoms with Crippen LogP contribution in [0.5, 0.6) is 0 Å². The number of anilines is 1. The molecule has 4 nitrogen and oxygen atoms in total. The van der Waals surface area contributed by atoms with Crippen LogP contribution >= 0.6 is 0 Å². The lowest BCUT2D eigenvalue weighted by Gasteiger charge is -2.27. The first kappa shape index (κ1) is 14.9.